The molecule has 0 aliphatic heterocycles. The summed E-state index contributed by atoms with van der Waals surface area (Å²) in [6.45, 7) is 0.848. The summed E-state index contributed by atoms with van der Waals surface area (Å²) in [5.41, 5.74) is 7.96. The molecule has 4 fully saturated rings. The second kappa shape index (κ2) is 4.87. The summed E-state index contributed by atoms with van der Waals surface area (Å²) >= 11 is 0. The molecule has 0 aromatic heterocycles. The van der Waals surface area contributed by atoms with Crippen molar-refractivity contribution in [2.45, 2.75) is 50.4 Å². The van der Waals surface area contributed by atoms with Crippen molar-refractivity contribution in [3.63, 3.8) is 0 Å². The molecule has 4 saturated carbocycles. The third-order valence-electron chi connectivity index (χ3n) is 6.70. The predicted molar refractivity (Wildman–Crippen MR) is 83.5 cm³/mol. The molecule has 0 amide bonds. The van der Waals surface area contributed by atoms with Gasteiger partial charge in [0.15, 0.2) is 0 Å². The molecule has 1 heteroatoms. The first-order chi connectivity index (χ1) is 9.83. The molecule has 5 rings (SSSR count). The molecule has 0 heterocycles. The van der Waals surface area contributed by atoms with Crippen LogP contribution >= 0.6 is 0 Å². The van der Waals surface area contributed by atoms with E-state index in [1.54, 1.807) is 5.56 Å². The number of benzene rings is 1. The van der Waals surface area contributed by atoms with Crippen LogP contribution in [-0.4, -0.2) is 6.54 Å². The lowest BCUT2D eigenvalue weighted by molar-refractivity contribution is -0.0655. The molecule has 108 valence electrons. The van der Waals surface area contributed by atoms with E-state index >= 15 is 0 Å². The normalized spacial score (nSPS) is 42.0. The maximum Gasteiger partial charge on any atom is 0.00103 e. The van der Waals surface area contributed by atoms with Gasteiger partial charge in [-0.05, 0) is 80.7 Å². The zero-order valence-corrected chi connectivity index (χ0v) is 12.4. The van der Waals surface area contributed by atoms with Crippen LogP contribution in [0.3, 0.4) is 0 Å². The highest BCUT2D eigenvalue weighted by molar-refractivity contribution is 5.31. The van der Waals surface area contributed by atoms with Crippen LogP contribution in [-0.2, 0) is 5.41 Å². The van der Waals surface area contributed by atoms with Crippen molar-refractivity contribution in [1.82, 2.24) is 0 Å². The van der Waals surface area contributed by atoms with Gasteiger partial charge < -0.3 is 5.73 Å². The van der Waals surface area contributed by atoms with Gasteiger partial charge in [0.2, 0.25) is 0 Å². The van der Waals surface area contributed by atoms with E-state index in [-0.39, 0.29) is 0 Å². The monoisotopic (exact) mass is 269 g/mol. The van der Waals surface area contributed by atoms with Crippen LogP contribution in [0.2, 0.25) is 0 Å². The van der Waals surface area contributed by atoms with Crippen molar-refractivity contribution < 1.29 is 0 Å². The highest BCUT2D eigenvalue weighted by Crippen LogP contribution is 2.64. The summed E-state index contributed by atoms with van der Waals surface area (Å²) < 4.78 is 0. The first-order valence-corrected chi connectivity index (χ1v) is 8.58. The lowest BCUT2D eigenvalue weighted by atomic mass is 9.43. The molecule has 0 atom stereocenters. The van der Waals surface area contributed by atoms with Gasteiger partial charge in [0, 0.05) is 5.41 Å². The zero-order valence-electron chi connectivity index (χ0n) is 12.4. The molecule has 2 N–H and O–H groups in total. The standard InChI is InChI=1S/C19H27N/c20-8-4-7-19(16-5-2-1-3-6-16)17-10-14-9-15(12-17)13-18(19)11-14/h1-3,5-6,14-15,17-18H,4,7-13,20H2. The quantitative estimate of drug-likeness (QED) is 0.874. The highest BCUT2D eigenvalue weighted by Gasteiger charge is 2.57. The maximum atomic E-state index is 5.87. The smallest absolute Gasteiger partial charge is 0.00103 e. The Bertz CT molecular complexity index is 436. The molecule has 0 saturated heterocycles. The summed E-state index contributed by atoms with van der Waals surface area (Å²) in [6.07, 6.45) is 10.0. The molecule has 0 spiro atoms. The molecule has 0 radical (unpaired) electrons. The molecule has 1 aromatic rings. The fourth-order valence-electron chi connectivity index (χ4n) is 6.19. The third kappa shape index (κ3) is 1.79. The predicted octanol–water partition coefficient (Wildman–Crippen LogP) is 4.12. The Labute approximate surface area is 122 Å². The Morgan fingerprint density at radius 2 is 1.50 bits per heavy atom. The van der Waals surface area contributed by atoms with Gasteiger partial charge in [-0.15, -0.1) is 0 Å². The number of rotatable bonds is 4. The van der Waals surface area contributed by atoms with Gasteiger partial charge in [-0.1, -0.05) is 30.3 Å². The van der Waals surface area contributed by atoms with Crippen molar-refractivity contribution in [3.8, 4) is 0 Å². The first kappa shape index (κ1) is 12.9. The van der Waals surface area contributed by atoms with E-state index < -0.39 is 0 Å². The van der Waals surface area contributed by atoms with Gasteiger partial charge in [0.25, 0.3) is 0 Å². The minimum absolute atomic E-state index is 0.466. The zero-order chi connectivity index (χ0) is 13.6. The molecular formula is C19H27N. The fourth-order valence-corrected chi connectivity index (χ4v) is 6.19. The molecule has 1 nitrogen and oxygen atoms in total. The SMILES string of the molecule is NCCCC1(c2ccccc2)C2CC3CC(C2)CC1C3. The van der Waals surface area contributed by atoms with Crippen LogP contribution in [0.1, 0.15) is 50.5 Å². The van der Waals surface area contributed by atoms with Crippen LogP contribution in [0, 0.1) is 23.7 Å². The summed E-state index contributed by atoms with van der Waals surface area (Å²) in [4.78, 5) is 0. The van der Waals surface area contributed by atoms with E-state index in [9.17, 15) is 0 Å². The molecule has 20 heavy (non-hydrogen) atoms. The van der Waals surface area contributed by atoms with Crippen LogP contribution in [0.5, 0.6) is 0 Å². The second-order valence-corrected chi connectivity index (χ2v) is 7.60. The average molecular weight is 269 g/mol. The maximum absolute atomic E-state index is 5.87. The first-order valence-electron chi connectivity index (χ1n) is 8.58. The van der Waals surface area contributed by atoms with Crippen molar-refractivity contribution in [3.05, 3.63) is 35.9 Å². The molecule has 1 aromatic carbocycles. The van der Waals surface area contributed by atoms with Crippen LogP contribution in [0.25, 0.3) is 0 Å². The van der Waals surface area contributed by atoms with Gasteiger partial charge in [-0.2, -0.15) is 0 Å². The highest BCUT2D eigenvalue weighted by atomic mass is 14.6. The molecule has 4 aliphatic rings. The Balaban J connectivity index is 1.75. The van der Waals surface area contributed by atoms with E-state index in [0.29, 0.717) is 5.41 Å². The van der Waals surface area contributed by atoms with E-state index in [0.717, 1.165) is 30.2 Å². The largest absolute Gasteiger partial charge is 0.330 e. The van der Waals surface area contributed by atoms with Crippen molar-refractivity contribution in [1.29, 1.82) is 0 Å². The number of nitrogens with two attached hydrogens (primary N) is 1. The van der Waals surface area contributed by atoms with E-state index in [1.807, 2.05) is 0 Å². The van der Waals surface area contributed by atoms with Gasteiger partial charge in [0.1, 0.15) is 0 Å². The fraction of sp³-hybridized carbons (Fsp3) is 0.684. The van der Waals surface area contributed by atoms with Crippen molar-refractivity contribution >= 4 is 0 Å². The molecule has 4 aliphatic carbocycles. The minimum Gasteiger partial charge on any atom is -0.330 e. The molecular weight excluding hydrogens is 242 g/mol. The van der Waals surface area contributed by atoms with Crippen LogP contribution < -0.4 is 5.73 Å². The van der Waals surface area contributed by atoms with Crippen LogP contribution in [0.15, 0.2) is 30.3 Å². The summed E-state index contributed by atoms with van der Waals surface area (Å²) in [5.74, 6) is 3.97. The number of hydrogen-bond donors (Lipinski definition) is 1. The second-order valence-electron chi connectivity index (χ2n) is 7.60. The lowest BCUT2D eigenvalue weighted by Gasteiger charge is -2.62. The Kier molecular flexibility index (Phi) is 3.14. The van der Waals surface area contributed by atoms with Crippen LogP contribution in [0.4, 0.5) is 0 Å². The Morgan fingerprint density at radius 3 is 2.05 bits per heavy atom. The van der Waals surface area contributed by atoms with Crippen molar-refractivity contribution in [2.24, 2.45) is 29.4 Å². The molecule has 0 unspecified atom stereocenters. The van der Waals surface area contributed by atoms with E-state index in [4.69, 9.17) is 5.73 Å². The Morgan fingerprint density at radius 1 is 0.900 bits per heavy atom. The minimum atomic E-state index is 0.466. The third-order valence-corrected chi connectivity index (χ3v) is 6.70. The van der Waals surface area contributed by atoms with E-state index in [1.165, 1.54) is 44.9 Å². The number of hydrogen-bond acceptors (Lipinski definition) is 1. The van der Waals surface area contributed by atoms with Gasteiger partial charge >= 0.3 is 0 Å². The van der Waals surface area contributed by atoms with Gasteiger partial charge in [-0.3, -0.25) is 0 Å². The summed E-state index contributed by atoms with van der Waals surface area (Å²) in [5, 5.41) is 0. The van der Waals surface area contributed by atoms with Gasteiger partial charge in [-0.25, -0.2) is 0 Å². The summed E-state index contributed by atoms with van der Waals surface area (Å²) in [6, 6.07) is 11.4. The topological polar surface area (TPSA) is 26.0 Å². The van der Waals surface area contributed by atoms with E-state index in [2.05, 4.69) is 30.3 Å². The van der Waals surface area contributed by atoms with Crippen molar-refractivity contribution in [2.75, 3.05) is 6.54 Å². The lowest BCUT2D eigenvalue weighted by Crippen LogP contribution is -2.55. The van der Waals surface area contributed by atoms with Gasteiger partial charge in [0.05, 0.1) is 0 Å². The Hall–Kier alpha value is -0.820. The molecule has 4 bridgehead atoms. The average Bonchev–Trinajstić information content (AvgIpc) is 2.47. The summed E-state index contributed by atoms with van der Waals surface area (Å²) in [7, 11) is 0.